The Kier molecular flexibility index (Phi) is 6.24. The summed E-state index contributed by atoms with van der Waals surface area (Å²) in [4.78, 5) is 16.6. The van der Waals surface area contributed by atoms with Crippen molar-refractivity contribution < 1.29 is 4.79 Å². The SMILES string of the molecule is Cc1cc(NC(=O)CN(C)C[C@@H]2CCCCN2C)ccc1Cl. The third kappa shape index (κ3) is 4.97. The smallest absolute Gasteiger partial charge is 0.238 e. The molecule has 1 aliphatic heterocycles. The molecule has 1 fully saturated rings. The number of halogens is 1. The van der Waals surface area contributed by atoms with Gasteiger partial charge in [-0.2, -0.15) is 0 Å². The van der Waals surface area contributed by atoms with E-state index in [2.05, 4.69) is 22.2 Å². The van der Waals surface area contributed by atoms with E-state index in [0.29, 0.717) is 12.6 Å². The lowest BCUT2D eigenvalue weighted by Gasteiger charge is -2.35. The van der Waals surface area contributed by atoms with Crippen LogP contribution in [0.5, 0.6) is 0 Å². The normalized spacial score (nSPS) is 19.4. The lowest BCUT2D eigenvalue weighted by molar-refractivity contribution is -0.117. The molecule has 1 aromatic rings. The van der Waals surface area contributed by atoms with Crippen molar-refractivity contribution in [3.63, 3.8) is 0 Å². The van der Waals surface area contributed by atoms with Crippen molar-refractivity contribution in [2.45, 2.75) is 32.2 Å². The minimum absolute atomic E-state index is 0.0164. The van der Waals surface area contributed by atoms with Gasteiger partial charge in [0, 0.05) is 23.3 Å². The van der Waals surface area contributed by atoms with Gasteiger partial charge < -0.3 is 10.2 Å². The van der Waals surface area contributed by atoms with Crippen molar-refractivity contribution >= 4 is 23.2 Å². The Balaban J connectivity index is 1.81. The van der Waals surface area contributed by atoms with Crippen LogP contribution in [-0.2, 0) is 4.79 Å². The van der Waals surface area contributed by atoms with Crippen molar-refractivity contribution in [2.24, 2.45) is 0 Å². The summed E-state index contributed by atoms with van der Waals surface area (Å²) in [5, 5.41) is 3.65. The van der Waals surface area contributed by atoms with Gasteiger partial charge in [0.25, 0.3) is 0 Å². The van der Waals surface area contributed by atoms with Gasteiger partial charge in [-0.25, -0.2) is 0 Å². The number of carbonyl (C=O) groups excluding carboxylic acids is 1. The maximum absolute atomic E-state index is 12.1. The van der Waals surface area contributed by atoms with Crippen molar-refractivity contribution in [1.82, 2.24) is 9.80 Å². The molecule has 4 nitrogen and oxygen atoms in total. The van der Waals surface area contributed by atoms with E-state index in [-0.39, 0.29) is 5.91 Å². The van der Waals surface area contributed by atoms with E-state index in [1.165, 1.54) is 19.3 Å². The zero-order valence-electron chi connectivity index (χ0n) is 13.7. The van der Waals surface area contributed by atoms with Crippen LogP contribution in [-0.4, -0.2) is 55.5 Å². The van der Waals surface area contributed by atoms with E-state index in [1.807, 2.05) is 32.2 Å². The first-order chi connectivity index (χ1) is 10.5. The number of benzene rings is 1. The lowest BCUT2D eigenvalue weighted by atomic mass is 10.0. The third-order valence-corrected chi connectivity index (χ3v) is 4.72. The number of likely N-dealkylation sites (N-methyl/N-ethyl adjacent to an activating group) is 2. The average molecular weight is 324 g/mol. The molecule has 1 amide bonds. The first-order valence-electron chi connectivity index (χ1n) is 7.90. The molecule has 1 atom stereocenters. The fourth-order valence-corrected chi connectivity index (χ4v) is 3.08. The van der Waals surface area contributed by atoms with Crippen LogP contribution >= 0.6 is 11.6 Å². The van der Waals surface area contributed by atoms with Gasteiger partial charge in [0.15, 0.2) is 0 Å². The predicted octanol–water partition coefficient (Wildman–Crippen LogP) is 3.00. The van der Waals surface area contributed by atoms with Gasteiger partial charge in [0.05, 0.1) is 6.54 Å². The highest BCUT2D eigenvalue weighted by molar-refractivity contribution is 6.31. The molecule has 22 heavy (non-hydrogen) atoms. The van der Waals surface area contributed by atoms with Crippen LogP contribution in [0.3, 0.4) is 0 Å². The van der Waals surface area contributed by atoms with Crippen LogP contribution < -0.4 is 5.32 Å². The Bertz CT molecular complexity index is 521. The molecule has 5 heteroatoms. The highest BCUT2D eigenvalue weighted by Crippen LogP contribution is 2.19. The fraction of sp³-hybridized carbons (Fsp3) is 0.588. The number of amides is 1. The average Bonchev–Trinajstić information content (AvgIpc) is 2.45. The Morgan fingerprint density at radius 1 is 1.45 bits per heavy atom. The number of carbonyl (C=O) groups is 1. The molecule has 0 spiro atoms. The molecule has 0 saturated carbocycles. The Hall–Kier alpha value is -1.10. The molecule has 1 aliphatic rings. The molecule has 1 saturated heterocycles. The topological polar surface area (TPSA) is 35.6 Å². The van der Waals surface area contributed by atoms with E-state index in [1.54, 1.807) is 0 Å². The molecule has 0 aliphatic carbocycles. The summed E-state index contributed by atoms with van der Waals surface area (Å²) < 4.78 is 0. The fourth-order valence-electron chi connectivity index (χ4n) is 2.97. The van der Waals surface area contributed by atoms with Gasteiger partial charge >= 0.3 is 0 Å². The summed E-state index contributed by atoms with van der Waals surface area (Å²) in [5.41, 5.74) is 1.77. The highest BCUT2D eigenvalue weighted by atomic mass is 35.5. The van der Waals surface area contributed by atoms with Crippen LogP contribution in [0.15, 0.2) is 18.2 Å². The first-order valence-corrected chi connectivity index (χ1v) is 8.28. The monoisotopic (exact) mass is 323 g/mol. The second-order valence-corrected chi connectivity index (χ2v) is 6.75. The number of aryl methyl sites for hydroxylation is 1. The van der Waals surface area contributed by atoms with Crippen LogP contribution in [0.4, 0.5) is 5.69 Å². The van der Waals surface area contributed by atoms with Crippen LogP contribution in [0.1, 0.15) is 24.8 Å². The summed E-state index contributed by atoms with van der Waals surface area (Å²) in [6, 6.07) is 6.11. The number of nitrogens with zero attached hydrogens (tertiary/aromatic N) is 2. The Labute approximate surface area is 138 Å². The molecular formula is C17H26ClN3O. The predicted molar refractivity (Wildman–Crippen MR) is 92.6 cm³/mol. The van der Waals surface area contributed by atoms with Crippen molar-refractivity contribution in [3.8, 4) is 0 Å². The molecule has 122 valence electrons. The molecular weight excluding hydrogens is 298 g/mol. The molecule has 2 rings (SSSR count). The first kappa shape index (κ1) is 17.3. The molecule has 1 aromatic carbocycles. The standard InChI is InChI=1S/C17H26ClN3O/c1-13-10-14(7-8-16(13)18)19-17(22)12-20(2)11-15-6-4-5-9-21(15)3/h7-8,10,15H,4-6,9,11-12H2,1-3H3,(H,19,22)/t15-/m0/s1. The number of piperidine rings is 1. The molecule has 1 heterocycles. The van der Waals surface area contributed by atoms with E-state index in [0.717, 1.165) is 29.4 Å². The van der Waals surface area contributed by atoms with Crippen LogP contribution in [0.2, 0.25) is 5.02 Å². The molecule has 0 unspecified atom stereocenters. The van der Waals surface area contributed by atoms with E-state index < -0.39 is 0 Å². The van der Waals surface area contributed by atoms with Crippen LogP contribution in [0, 0.1) is 6.92 Å². The van der Waals surface area contributed by atoms with Gasteiger partial charge in [0.2, 0.25) is 5.91 Å². The Morgan fingerprint density at radius 3 is 2.91 bits per heavy atom. The van der Waals surface area contributed by atoms with Gasteiger partial charge in [-0.1, -0.05) is 18.0 Å². The maximum atomic E-state index is 12.1. The van der Waals surface area contributed by atoms with Gasteiger partial charge in [-0.05, 0) is 64.2 Å². The Morgan fingerprint density at radius 2 is 2.23 bits per heavy atom. The molecule has 0 bridgehead atoms. The number of hydrogen-bond acceptors (Lipinski definition) is 3. The van der Waals surface area contributed by atoms with E-state index in [4.69, 9.17) is 11.6 Å². The summed E-state index contributed by atoms with van der Waals surface area (Å²) in [6.07, 6.45) is 3.80. The minimum atomic E-state index is 0.0164. The second-order valence-electron chi connectivity index (χ2n) is 6.34. The van der Waals surface area contributed by atoms with Crippen molar-refractivity contribution in [3.05, 3.63) is 28.8 Å². The van der Waals surface area contributed by atoms with E-state index >= 15 is 0 Å². The lowest BCUT2D eigenvalue weighted by Crippen LogP contribution is -2.45. The van der Waals surface area contributed by atoms with Gasteiger partial charge in [0.1, 0.15) is 0 Å². The molecule has 0 aromatic heterocycles. The second kappa shape index (κ2) is 7.95. The zero-order valence-corrected chi connectivity index (χ0v) is 14.5. The summed E-state index contributed by atoms with van der Waals surface area (Å²) >= 11 is 6.00. The summed E-state index contributed by atoms with van der Waals surface area (Å²) in [5.74, 6) is 0.0164. The third-order valence-electron chi connectivity index (χ3n) is 4.30. The minimum Gasteiger partial charge on any atom is -0.325 e. The highest BCUT2D eigenvalue weighted by Gasteiger charge is 2.21. The van der Waals surface area contributed by atoms with Crippen molar-refractivity contribution in [1.29, 1.82) is 0 Å². The number of rotatable bonds is 5. The van der Waals surface area contributed by atoms with E-state index in [9.17, 15) is 4.79 Å². The number of nitrogens with one attached hydrogen (secondary N) is 1. The molecule has 0 radical (unpaired) electrons. The number of likely N-dealkylation sites (tertiary alicyclic amines) is 1. The summed E-state index contributed by atoms with van der Waals surface area (Å²) in [7, 11) is 4.18. The maximum Gasteiger partial charge on any atom is 0.238 e. The zero-order chi connectivity index (χ0) is 16.1. The largest absolute Gasteiger partial charge is 0.325 e. The van der Waals surface area contributed by atoms with Gasteiger partial charge in [-0.3, -0.25) is 9.69 Å². The summed E-state index contributed by atoms with van der Waals surface area (Å²) in [6.45, 7) is 4.44. The quantitative estimate of drug-likeness (QED) is 0.904. The number of anilines is 1. The number of hydrogen-bond donors (Lipinski definition) is 1. The van der Waals surface area contributed by atoms with Gasteiger partial charge in [-0.15, -0.1) is 0 Å². The van der Waals surface area contributed by atoms with Crippen molar-refractivity contribution in [2.75, 3.05) is 39.0 Å². The molecule has 1 N–H and O–H groups in total. The van der Waals surface area contributed by atoms with Crippen LogP contribution in [0.25, 0.3) is 0 Å².